The van der Waals surface area contributed by atoms with Crippen molar-refractivity contribution in [3.63, 3.8) is 0 Å². The monoisotopic (exact) mass is 327 g/mol. The molecule has 1 atom stereocenters. The number of rotatable bonds is 5. The lowest BCUT2D eigenvalue weighted by Gasteiger charge is -2.43. The van der Waals surface area contributed by atoms with E-state index in [0.717, 1.165) is 38.2 Å². The number of ether oxygens (including phenoxy) is 3. The van der Waals surface area contributed by atoms with Crippen molar-refractivity contribution in [1.29, 1.82) is 0 Å². The van der Waals surface area contributed by atoms with Crippen molar-refractivity contribution >= 4 is 18.4 Å². The third-order valence-corrected chi connectivity index (χ3v) is 4.30. The highest BCUT2D eigenvalue weighted by molar-refractivity contribution is 5.85. The largest absolute Gasteiger partial charge is 0.497 e. The molecule has 0 amide bonds. The van der Waals surface area contributed by atoms with Crippen LogP contribution in [0.3, 0.4) is 0 Å². The smallest absolute Gasteiger partial charge is 0.344 e. The number of carbonyl (C=O) groups excluding carboxylic acids is 1. The molecule has 2 bridgehead atoms. The number of nitrogens with zero attached hydrogens (tertiary/aromatic N) is 1. The SMILES string of the molecule is COc1ccc(OCC(=O)OC2CN3CCC2CC3)cc1.Cl. The number of benzene rings is 1. The summed E-state index contributed by atoms with van der Waals surface area (Å²) in [5, 5.41) is 0. The van der Waals surface area contributed by atoms with Crippen molar-refractivity contribution in [3.8, 4) is 11.5 Å². The molecule has 122 valence electrons. The first-order chi connectivity index (χ1) is 10.2. The van der Waals surface area contributed by atoms with E-state index in [-0.39, 0.29) is 31.1 Å². The molecular formula is C16H22ClNO4. The van der Waals surface area contributed by atoms with Crippen molar-refractivity contribution in [2.75, 3.05) is 33.4 Å². The van der Waals surface area contributed by atoms with Crippen molar-refractivity contribution in [2.24, 2.45) is 5.92 Å². The summed E-state index contributed by atoms with van der Waals surface area (Å²) < 4.78 is 16.1. The fraction of sp³-hybridized carbons (Fsp3) is 0.562. The Bertz CT molecular complexity index is 485. The molecule has 3 fully saturated rings. The molecule has 3 heterocycles. The van der Waals surface area contributed by atoms with Gasteiger partial charge in [0.1, 0.15) is 17.6 Å². The molecule has 0 aliphatic carbocycles. The summed E-state index contributed by atoms with van der Waals surface area (Å²) >= 11 is 0. The maximum Gasteiger partial charge on any atom is 0.344 e. The van der Waals surface area contributed by atoms with Gasteiger partial charge in [-0.15, -0.1) is 12.4 Å². The quantitative estimate of drug-likeness (QED) is 0.775. The van der Waals surface area contributed by atoms with Crippen LogP contribution in [0.1, 0.15) is 12.8 Å². The predicted octanol–water partition coefficient (Wildman–Crippen LogP) is 2.13. The van der Waals surface area contributed by atoms with Gasteiger partial charge in [0.25, 0.3) is 0 Å². The van der Waals surface area contributed by atoms with E-state index in [1.807, 2.05) is 0 Å². The van der Waals surface area contributed by atoms with E-state index in [2.05, 4.69) is 4.90 Å². The first kappa shape index (κ1) is 16.9. The molecule has 0 aromatic heterocycles. The van der Waals surface area contributed by atoms with Crippen LogP contribution in [0.5, 0.6) is 11.5 Å². The maximum absolute atomic E-state index is 11.9. The maximum atomic E-state index is 11.9. The van der Waals surface area contributed by atoms with E-state index in [1.165, 1.54) is 0 Å². The predicted molar refractivity (Wildman–Crippen MR) is 84.8 cm³/mol. The molecule has 0 radical (unpaired) electrons. The van der Waals surface area contributed by atoms with Crippen LogP contribution in [-0.4, -0.2) is 50.3 Å². The highest BCUT2D eigenvalue weighted by Gasteiger charge is 2.36. The molecule has 1 unspecified atom stereocenters. The summed E-state index contributed by atoms with van der Waals surface area (Å²) in [6.07, 6.45) is 2.31. The summed E-state index contributed by atoms with van der Waals surface area (Å²) in [6, 6.07) is 7.16. The molecule has 1 aromatic carbocycles. The van der Waals surface area contributed by atoms with E-state index < -0.39 is 0 Å². The number of hydrogen-bond donors (Lipinski definition) is 0. The highest BCUT2D eigenvalue weighted by atomic mass is 35.5. The molecule has 4 rings (SSSR count). The average molecular weight is 328 g/mol. The molecular weight excluding hydrogens is 306 g/mol. The summed E-state index contributed by atoms with van der Waals surface area (Å²) in [5.41, 5.74) is 0. The second kappa shape index (κ2) is 7.70. The van der Waals surface area contributed by atoms with Gasteiger partial charge in [-0.25, -0.2) is 4.79 Å². The Hall–Kier alpha value is -1.46. The van der Waals surface area contributed by atoms with Crippen LogP contribution in [0.2, 0.25) is 0 Å². The van der Waals surface area contributed by atoms with Crippen LogP contribution in [0.15, 0.2) is 24.3 Å². The summed E-state index contributed by atoms with van der Waals surface area (Å²) in [6.45, 7) is 3.11. The zero-order valence-electron chi connectivity index (χ0n) is 12.7. The van der Waals surface area contributed by atoms with Crippen LogP contribution in [0.4, 0.5) is 0 Å². The average Bonchev–Trinajstić information content (AvgIpc) is 2.54. The molecule has 6 heteroatoms. The third-order valence-electron chi connectivity index (χ3n) is 4.30. The molecule has 3 aliphatic heterocycles. The van der Waals surface area contributed by atoms with E-state index in [1.54, 1.807) is 31.4 Å². The Balaban J connectivity index is 0.00000176. The fourth-order valence-electron chi connectivity index (χ4n) is 3.06. The van der Waals surface area contributed by atoms with Gasteiger partial charge < -0.3 is 14.2 Å². The molecule has 22 heavy (non-hydrogen) atoms. The van der Waals surface area contributed by atoms with E-state index in [0.29, 0.717) is 11.7 Å². The normalized spacial score (nSPS) is 26.0. The molecule has 3 aliphatic rings. The summed E-state index contributed by atoms with van der Waals surface area (Å²) in [5.74, 6) is 1.64. The molecule has 0 N–H and O–H groups in total. The molecule has 0 spiro atoms. The Kier molecular flexibility index (Phi) is 5.91. The number of carbonyl (C=O) groups is 1. The van der Waals surface area contributed by atoms with Gasteiger partial charge in [-0.05, 0) is 56.1 Å². The molecule has 5 nitrogen and oxygen atoms in total. The lowest BCUT2D eigenvalue weighted by atomic mass is 9.86. The lowest BCUT2D eigenvalue weighted by molar-refractivity contribution is -0.161. The molecule has 1 aromatic rings. The minimum absolute atomic E-state index is 0. The van der Waals surface area contributed by atoms with Crippen LogP contribution in [0, 0.1) is 5.92 Å². The number of esters is 1. The second-order valence-corrected chi connectivity index (χ2v) is 5.63. The van der Waals surface area contributed by atoms with Gasteiger partial charge in [-0.3, -0.25) is 4.90 Å². The van der Waals surface area contributed by atoms with Gasteiger partial charge >= 0.3 is 5.97 Å². The first-order valence-corrected chi connectivity index (χ1v) is 7.43. The topological polar surface area (TPSA) is 48.0 Å². The second-order valence-electron chi connectivity index (χ2n) is 5.63. The van der Waals surface area contributed by atoms with Crippen molar-refractivity contribution in [2.45, 2.75) is 18.9 Å². The van der Waals surface area contributed by atoms with Gasteiger partial charge in [0, 0.05) is 6.54 Å². The third kappa shape index (κ3) is 4.05. The van der Waals surface area contributed by atoms with Crippen molar-refractivity contribution in [3.05, 3.63) is 24.3 Å². The zero-order valence-corrected chi connectivity index (χ0v) is 13.5. The van der Waals surface area contributed by atoms with Crippen LogP contribution >= 0.6 is 12.4 Å². The Morgan fingerprint density at radius 2 is 1.82 bits per heavy atom. The van der Waals surface area contributed by atoms with Gasteiger partial charge in [-0.2, -0.15) is 0 Å². The van der Waals surface area contributed by atoms with Crippen LogP contribution in [-0.2, 0) is 9.53 Å². The number of piperidine rings is 3. The summed E-state index contributed by atoms with van der Waals surface area (Å²) in [7, 11) is 1.61. The minimum atomic E-state index is -0.287. The fourth-order valence-corrected chi connectivity index (χ4v) is 3.06. The Labute approximate surface area is 136 Å². The number of methoxy groups -OCH3 is 1. The van der Waals surface area contributed by atoms with Gasteiger partial charge in [0.05, 0.1) is 7.11 Å². The van der Waals surface area contributed by atoms with Crippen LogP contribution in [0.25, 0.3) is 0 Å². The zero-order chi connectivity index (χ0) is 14.7. The van der Waals surface area contributed by atoms with Gasteiger partial charge in [0.15, 0.2) is 6.61 Å². The summed E-state index contributed by atoms with van der Waals surface area (Å²) in [4.78, 5) is 14.3. The highest BCUT2D eigenvalue weighted by Crippen LogP contribution is 2.29. The van der Waals surface area contributed by atoms with Crippen molar-refractivity contribution < 1.29 is 19.0 Å². The van der Waals surface area contributed by atoms with Crippen LogP contribution < -0.4 is 9.47 Å². The van der Waals surface area contributed by atoms with E-state index in [4.69, 9.17) is 14.2 Å². The molecule has 3 saturated heterocycles. The Morgan fingerprint density at radius 3 is 2.36 bits per heavy atom. The lowest BCUT2D eigenvalue weighted by Crippen LogP contribution is -2.52. The minimum Gasteiger partial charge on any atom is -0.497 e. The van der Waals surface area contributed by atoms with E-state index >= 15 is 0 Å². The van der Waals surface area contributed by atoms with Gasteiger partial charge in [-0.1, -0.05) is 0 Å². The Morgan fingerprint density at radius 1 is 1.18 bits per heavy atom. The van der Waals surface area contributed by atoms with E-state index in [9.17, 15) is 4.79 Å². The number of fused-ring (bicyclic) bond motifs is 3. The number of hydrogen-bond acceptors (Lipinski definition) is 5. The number of halogens is 1. The molecule has 0 saturated carbocycles. The first-order valence-electron chi connectivity index (χ1n) is 7.43. The standard InChI is InChI=1S/C16H21NO4.ClH/c1-19-13-2-4-14(5-3-13)20-11-16(18)21-15-10-17-8-6-12(15)7-9-17;/h2-5,12,15H,6-11H2,1H3;1H. The van der Waals surface area contributed by atoms with Gasteiger partial charge in [0.2, 0.25) is 0 Å². The van der Waals surface area contributed by atoms with Crippen molar-refractivity contribution in [1.82, 2.24) is 4.90 Å².